The number of carbonyl (C=O) groups is 2. The highest BCUT2D eigenvalue weighted by Crippen LogP contribution is 1.92. The van der Waals surface area contributed by atoms with Gasteiger partial charge < -0.3 is 15.4 Å². The number of rotatable bonds is 7. The lowest BCUT2D eigenvalue weighted by Crippen LogP contribution is -2.50. The zero-order chi connectivity index (χ0) is 12.6. The Hall–Kier alpha value is -0.750. The molecule has 94 valence electrons. The second kappa shape index (κ2) is 8.41. The fraction of sp³-hybridized carbons (Fsp3) is 0.800. The minimum atomic E-state index is -0.593. The van der Waals surface area contributed by atoms with Crippen molar-refractivity contribution in [2.75, 3.05) is 19.0 Å². The van der Waals surface area contributed by atoms with Gasteiger partial charge in [0.1, 0.15) is 6.04 Å². The first-order chi connectivity index (χ1) is 7.51. The second-order valence-electron chi connectivity index (χ2n) is 3.50. The molecule has 2 N–H and O–H groups in total. The van der Waals surface area contributed by atoms with E-state index in [1.807, 2.05) is 13.8 Å². The van der Waals surface area contributed by atoms with Crippen molar-refractivity contribution >= 4 is 24.4 Å². The predicted octanol–water partition coefficient (Wildman–Crippen LogP) is -0.0379. The number of amides is 2. The van der Waals surface area contributed by atoms with Gasteiger partial charge in [-0.1, -0.05) is 0 Å². The maximum absolute atomic E-state index is 11.7. The molecule has 16 heavy (non-hydrogen) atoms. The average Bonchev–Trinajstić information content (AvgIpc) is 2.22. The van der Waals surface area contributed by atoms with E-state index in [2.05, 4.69) is 23.3 Å². The summed E-state index contributed by atoms with van der Waals surface area (Å²) in [6, 6.07) is -0.673. The van der Waals surface area contributed by atoms with E-state index in [0.29, 0.717) is 13.2 Å². The molecular weight excluding hydrogens is 228 g/mol. The minimum absolute atomic E-state index is 0.0800. The average molecular weight is 248 g/mol. The van der Waals surface area contributed by atoms with Crippen LogP contribution in [0.5, 0.6) is 0 Å². The van der Waals surface area contributed by atoms with Crippen molar-refractivity contribution < 1.29 is 14.3 Å². The van der Waals surface area contributed by atoms with Gasteiger partial charge in [-0.3, -0.25) is 9.59 Å². The summed E-state index contributed by atoms with van der Waals surface area (Å²) in [6.07, 6.45) is 0. The highest BCUT2D eigenvalue weighted by molar-refractivity contribution is 7.80. The van der Waals surface area contributed by atoms with Crippen molar-refractivity contribution in [1.29, 1.82) is 0 Å². The summed E-state index contributed by atoms with van der Waals surface area (Å²) in [4.78, 5) is 22.5. The molecule has 0 bridgehead atoms. The van der Waals surface area contributed by atoms with Crippen LogP contribution in [-0.2, 0) is 14.3 Å². The number of ether oxygens (including phenoxy) is 1. The predicted molar refractivity (Wildman–Crippen MR) is 65.6 cm³/mol. The van der Waals surface area contributed by atoms with E-state index in [9.17, 15) is 9.59 Å². The third-order valence-electron chi connectivity index (χ3n) is 1.84. The van der Waals surface area contributed by atoms with E-state index in [1.165, 1.54) is 6.92 Å². The van der Waals surface area contributed by atoms with Crippen LogP contribution in [0.3, 0.4) is 0 Å². The van der Waals surface area contributed by atoms with E-state index in [4.69, 9.17) is 4.74 Å². The van der Waals surface area contributed by atoms with Gasteiger partial charge in [-0.15, -0.1) is 0 Å². The molecule has 0 aliphatic rings. The van der Waals surface area contributed by atoms with E-state index >= 15 is 0 Å². The van der Waals surface area contributed by atoms with E-state index in [0.717, 1.165) is 0 Å². The zero-order valence-corrected chi connectivity index (χ0v) is 10.8. The van der Waals surface area contributed by atoms with Crippen molar-refractivity contribution in [3.63, 3.8) is 0 Å². The fourth-order valence-electron chi connectivity index (χ4n) is 1.12. The molecule has 0 aromatic heterocycles. The molecule has 0 heterocycles. The number of hydrogen-bond donors (Lipinski definition) is 3. The second-order valence-corrected chi connectivity index (χ2v) is 3.87. The van der Waals surface area contributed by atoms with Crippen LogP contribution in [0.2, 0.25) is 0 Å². The van der Waals surface area contributed by atoms with Gasteiger partial charge in [0.15, 0.2) is 0 Å². The molecule has 0 aromatic carbocycles. The van der Waals surface area contributed by atoms with Crippen LogP contribution < -0.4 is 10.6 Å². The molecular formula is C10H20N2O3S. The van der Waals surface area contributed by atoms with Crippen LogP contribution in [0.25, 0.3) is 0 Å². The van der Waals surface area contributed by atoms with Gasteiger partial charge in [0, 0.05) is 25.3 Å². The van der Waals surface area contributed by atoms with Crippen LogP contribution in [0.15, 0.2) is 0 Å². The van der Waals surface area contributed by atoms with Crippen LogP contribution >= 0.6 is 12.6 Å². The van der Waals surface area contributed by atoms with Gasteiger partial charge >= 0.3 is 0 Å². The highest BCUT2D eigenvalue weighted by atomic mass is 32.1. The summed E-state index contributed by atoms with van der Waals surface area (Å²) in [5.41, 5.74) is 0. The first kappa shape index (κ1) is 15.2. The molecule has 0 fully saturated rings. The smallest absolute Gasteiger partial charge is 0.243 e. The molecule has 2 amide bonds. The Morgan fingerprint density at radius 1 is 1.38 bits per heavy atom. The molecule has 6 heteroatoms. The number of carbonyl (C=O) groups excluding carboxylic acids is 2. The summed E-state index contributed by atoms with van der Waals surface area (Å²) >= 11 is 4.02. The van der Waals surface area contributed by atoms with E-state index < -0.39 is 6.04 Å². The van der Waals surface area contributed by atoms with E-state index in [-0.39, 0.29) is 23.6 Å². The molecule has 0 saturated carbocycles. The quantitative estimate of drug-likeness (QED) is 0.554. The summed E-state index contributed by atoms with van der Waals surface area (Å²) < 4.78 is 5.17. The van der Waals surface area contributed by atoms with Gasteiger partial charge in [0.05, 0.1) is 6.61 Å². The molecule has 5 nitrogen and oxygen atoms in total. The van der Waals surface area contributed by atoms with Gasteiger partial charge in [0.2, 0.25) is 11.8 Å². The number of thiol groups is 1. The first-order valence-electron chi connectivity index (χ1n) is 5.27. The van der Waals surface area contributed by atoms with Crippen LogP contribution in [0.4, 0.5) is 0 Å². The SMILES string of the molecule is CCOCC(C)NC(=O)C(CS)NC(C)=O. The zero-order valence-electron chi connectivity index (χ0n) is 9.95. The molecule has 2 unspecified atom stereocenters. The maximum atomic E-state index is 11.7. The summed E-state index contributed by atoms with van der Waals surface area (Å²) in [6.45, 7) is 6.18. The van der Waals surface area contributed by atoms with E-state index in [1.54, 1.807) is 0 Å². The topological polar surface area (TPSA) is 67.4 Å². The third-order valence-corrected chi connectivity index (χ3v) is 2.20. The van der Waals surface area contributed by atoms with Gasteiger partial charge in [0.25, 0.3) is 0 Å². The summed E-state index contributed by atoms with van der Waals surface area (Å²) in [7, 11) is 0. The minimum Gasteiger partial charge on any atom is -0.380 e. The molecule has 0 aromatic rings. The Balaban J connectivity index is 4.04. The van der Waals surface area contributed by atoms with Gasteiger partial charge in [-0.05, 0) is 13.8 Å². The normalized spacial score (nSPS) is 14.0. The van der Waals surface area contributed by atoms with Crippen LogP contribution in [0, 0.1) is 0 Å². The molecule has 0 radical (unpaired) electrons. The molecule has 2 atom stereocenters. The Morgan fingerprint density at radius 2 is 2.00 bits per heavy atom. The van der Waals surface area contributed by atoms with Crippen molar-refractivity contribution in [1.82, 2.24) is 10.6 Å². The van der Waals surface area contributed by atoms with Crippen molar-refractivity contribution in [2.24, 2.45) is 0 Å². The van der Waals surface area contributed by atoms with Crippen LogP contribution in [-0.4, -0.2) is 42.9 Å². The fourth-order valence-corrected chi connectivity index (χ4v) is 1.38. The lowest BCUT2D eigenvalue weighted by molar-refractivity contribution is -0.128. The molecule has 0 aliphatic heterocycles. The lowest BCUT2D eigenvalue weighted by Gasteiger charge is -2.19. The largest absolute Gasteiger partial charge is 0.380 e. The standard InChI is InChI=1S/C10H20N2O3S/c1-4-15-5-7(2)11-10(14)9(6-16)12-8(3)13/h7,9,16H,4-6H2,1-3H3,(H,11,14)(H,12,13). The number of nitrogens with one attached hydrogen (secondary N) is 2. The van der Waals surface area contributed by atoms with Gasteiger partial charge in [-0.2, -0.15) is 12.6 Å². The lowest BCUT2D eigenvalue weighted by atomic mass is 10.2. The van der Waals surface area contributed by atoms with Crippen LogP contribution in [0.1, 0.15) is 20.8 Å². The Bertz CT molecular complexity index is 236. The Kier molecular flexibility index (Phi) is 8.01. The number of hydrogen-bond acceptors (Lipinski definition) is 4. The Labute approximate surface area is 102 Å². The van der Waals surface area contributed by atoms with Crippen molar-refractivity contribution in [3.8, 4) is 0 Å². The first-order valence-corrected chi connectivity index (χ1v) is 5.90. The van der Waals surface area contributed by atoms with Crippen molar-refractivity contribution in [2.45, 2.75) is 32.9 Å². The van der Waals surface area contributed by atoms with Gasteiger partial charge in [-0.25, -0.2) is 0 Å². The molecule has 0 aliphatic carbocycles. The Morgan fingerprint density at radius 3 is 2.44 bits per heavy atom. The monoisotopic (exact) mass is 248 g/mol. The summed E-state index contributed by atoms with van der Waals surface area (Å²) in [5, 5.41) is 5.27. The molecule has 0 spiro atoms. The maximum Gasteiger partial charge on any atom is 0.243 e. The highest BCUT2D eigenvalue weighted by Gasteiger charge is 2.19. The molecule has 0 saturated heterocycles. The molecule has 0 rings (SSSR count). The third kappa shape index (κ3) is 6.68. The van der Waals surface area contributed by atoms with Crippen molar-refractivity contribution in [3.05, 3.63) is 0 Å². The summed E-state index contributed by atoms with van der Waals surface area (Å²) in [5.74, 6) is -0.212.